The van der Waals surface area contributed by atoms with E-state index in [4.69, 9.17) is 17.3 Å². The van der Waals surface area contributed by atoms with Gasteiger partial charge in [0.1, 0.15) is 0 Å². The van der Waals surface area contributed by atoms with E-state index in [1.165, 1.54) is 11.8 Å². The second kappa shape index (κ2) is 5.49. The fourth-order valence-corrected chi connectivity index (χ4v) is 2.50. The zero-order valence-electron chi connectivity index (χ0n) is 9.35. The Labute approximate surface area is 109 Å². The highest BCUT2D eigenvalue weighted by atomic mass is 35.5. The third-order valence-corrected chi connectivity index (χ3v) is 3.73. The van der Waals surface area contributed by atoms with Crippen molar-refractivity contribution in [3.8, 4) is 0 Å². The molecule has 0 spiro atoms. The van der Waals surface area contributed by atoms with Crippen molar-refractivity contribution in [3.05, 3.63) is 46.7 Å². The molecule has 0 aliphatic heterocycles. The van der Waals surface area contributed by atoms with Crippen molar-refractivity contribution in [1.29, 1.82) is 0 Å². The molecule has 17 heavy (non-hydrogen) atoms. The Bertz CT molecular complexity index is 514. The van der Waals surface area contributed by atoms with Gasteiger partial charge in [-0.05, 0) is 35.9 Å². The second-order valence-corrected chi connectivity index (χ2v) is 4.96. The first kappa shape index (κ1) is 12.4. The number of nitrogens with zero attached hydrogens (tertiary/aromatic N) is 2. The molecule has 0 radical (unpaired) electrons. The molecule has 5 heteroatoms. The fraction of sp³-hybridized carbons (Fsp3) is 0.167. The summed E-state index contributed by atoms with van der Waals surface area (Å²) in [5.74, 6) is 0. The molecule has 0 saturated carbocycles. The van der Waals surface area contributed by atoms with Gasteiger partial charge in [0.05, 0.1) is 5.02 Å². The first-order chi connectivity index (χ1) is 8.20. The quantitative estimate of drug-likeness (QED) is 0.867. The molecule has 0 amide bonds. The second-order valence-electron chi connectivity index (χ2n) is 3.58. The van der Waals surface area contributed by atoms with E-state index in [9.17, 15) is 0 Å². The van der Waals surface area contributed by atoms with Crippen LogP contribution in [0.5, 0.6) is 0 Å². The summed E-state index contributed by atoms with van der Waals surface area (Å²) in [4.78, 5) is 9.42. The molecule has 0 aliphatic carbocycles. The van der Waals surface area contributed by atoms with Crippen LogP contribution in [0.1, 0.15) is 11.1 Å². The van der Waals surface area contributed by atoms with Gasteiger partial charge >= 0.3 is 0 Å². The van der Waals surface area contributed by atoms with Crippen molar-refractivity contribution in [2.75, 3.05) is 0 Å². The summed E-state index contributed by atoms with van der Waals surface area (Å²) in [6.07, 6.45) is 3.57. The zero-order chi connectivity index (χ0) is 12.3. The van der Waals surface area contributed by atoms with Crippen molar-refractivity contribution in [1.82, 2.24) is 9.97 Å². The number of aromatic nitrogens is 2. The number of rotatable bonds is 3. The minimum absolute atomic E-state index is 0.453. The summed E-state index contributed by atoms with van der Waals surface area (Å²) in [6, 6.07) is 5.70. The van der Waals surface area contributed by atoms with Gasteiger partial charge in [-0.25, -0.2) is 9.97 Å². The molecule has 2 rings (SSSR count). The highest BCUT2D eigenvalue weighted by Crippen LogP contribution is 2.33. The summed E-state index contributed by atoms with van der Waals surface area (Å²) in [6.45, 7) is 2.41. The molecule has 2 aromatic rings. The Morgan fingerprint density at radius 1 is 1.29 bits per heavy atom. The van der Waals surface area contributed by atoms with Gasteiger partial charge in [0.25, 0.3) is 0 Å². The van der Waals surface area contributed by atoms with E-state index in [0.717, 1.165) is 16.0 Å². The lowest BCUT2D eigenvalue weighted by molar-refractivity contribution is 0.945. The van der Waals surface area contributed by atoms with Crippen LogP contribution in [-0.4, -0.2) is 9.97 Å². The SMILES string of the molecule is Cc1cnc(Sc2c(Cl)cccc2CN)nc1. The third-order valence-electron chi connectivity index (χ3n) is 2.22. The lowest BCUT2D eigenvalue weighted by Gasteiger charge is -2.08. The summed E-state index contributed by atoms with van der Waals surface area (Å²) >= 11 is 7.60. The molecule has 0 bridgehead atoms. The van der Waals surface area contributed by atoms with Crippen molar-refractivity contribution in [3.63, 3.8) is 0 Å². The van der Waals surface area contributed by atoms with Crippen LogP contribution in [-0.2, 0) is 6.54 Å². The largest absolute Gasteiger partial charge is 0.326 e. The molecule has 0 aliphatic rings. The number of halogens is 1. The summed E-state index contributed by atoms with van der Waals surface area (Å²) in [5, 5.41) is 1.36. The maximum Gasteiger partial charge on any atom is 0.192 e. The Kier molecular flexibility index (Phi) is 3.99. The van der Waals surface area contributed by atoms with Gasteiger partial charge < -0.3 is 5.73 Å². The molecule has 1 aromatic carbocycles. The number of benzene rings is 1. The van der Waals surface area contributed by atoms with E-state index < -0.39 is 0 Å². The van der Waals surface area contributed by atoms with E-state index >= 15 is 0 Å². The van der Waals surface area contributed by atoms with Gasteiger partial charge in [0, 0.05) is 23.8 Å². The predicted molar refractivity (Wildman–Crippen MR) is 70.2 cm³/mol. The molecular weight excluding hydrogens is 254 g/mol. The highest BCUT2D eigenvalue weighted by molar-refractivity contribution is 7.99. The fourth-order valence-electron chi connectivity index (χ4n) is 1.35. The molecule has 0 unspecified atom stereocenters. The Morgan fingerprint density at radius 2 is 2.00 bits per heavy atom. The van der Waals surface area contributed by atoms with Gasteiger partial charge in [0.2, 0.25) is 0 Å². The molecule has 0 fully saturated rings. The standard InChI is InChI=1S/C12H12ClN3S/c1-8-6-15-12(16-7-8)17-11-9(5-14)3-2-4-10(11)13/h2-4,6-7H,5,14H2,1H3. The molecule has 2 N–H and O–H groups in total. The molecule has 1 heterocycles. The number of hydrogen-bond donors (Lipinski definition) is 1. The van der Waals surface area contributed by atoms with Crippen LogP contribution >= 0.6 is 23.4 Å². The maximum absolute atomic E-state index is 6.16. The van der Waals surface area contributed by atoms with E-state index in [0.29, 0.717) is 16.7 Å². The molecule has 88 valence electrons. The van der Waals surface area contributed by atoms with Crippen LogP contribution in [0.25, 0.3) is 0 Å². The van der Waals surface area contributed by atoms with Crippen LogP contribution in [0.4, 0.5) is 0 Å². The Balaban J connectivity index is 2.32. The van der Waals surface area contributed by atoms with E-state index in [1.807, 2.05) is 25.1 Å². The molecule has 3 nitrogen and oxygen atoms in total. The average Bonchev–Trinajstić information content (AvgIpc) is 2.34. The minimum atomic E-state index is 0.453. The predicted octanol–water partition coefficient (Wildman–Crippen LogP) is 3.05. The molecule has 0 atom stereocenters. The van der Waals surface area contributed by atoms with Gasteiger partial charge in [-0.15, -0.1) is 0 Å². The van der Waals surface area contributed by atoms with E-state index in [2.05, 4.69) is 9.97 Å². The van der Waals surface area contributed by atoms with Crippen molar-refractivity contribution in [2.24, 2.45) is 5.73 Å². The summed E-state index contributed by atoms with van der Waals surface area (Å²) in [7, 11) is 0. The normalized spacial score (nSPS) is 10.5. The van der Waals surface area contributed by atoms with Crippen LogP contribution in [0.15, 0.2) is 40.6 Å². The average molecular weight is 266 g/mol. The molecule has 0 saturated heterocycles. The van der Waals surface area contributed by atoms with Gasteiger partial charge in [-0.2, -0.15) is 0 Å². The van der Waals surface area contributed by atoms with E-state index in [-0.39, 0.29) is 0 Å². The van der Waals surface area contributed by atoms with Crippen molar-refractivity contribution >= 4 is 23.4 Å². The lowest BCUT2D eigenvalue weighted by Crippen LogP contribution is -1.99. The van der Waals surface area contributed by atoms with Crippen molar-refractivity contribution in [2.45, 2.75) is 23.5 Å². The monoisotopic (exact) mass is 265 g/mol. The third kappa shape index (κ3) is 2.97. The van der Waals surface area contributed by atoms with Crippen LogP contribution in [0.3, 0.4) is 0 Å². The lowest BCUT2D eigenvalue weighted by atomic mass is 10.2. The van der Waals surface area contributed by atoms with Crippen LogP contribution in [0, 0.1) is 6.92 Å². The van der Waals surface area contributed by atoms with E-state index in [1.54, 1.807) is 12.4 Å². The van der Waals surface area contributed by atoms with Gasteiger partial charge in [0.15, 0.2) is 5.16 Å². The van der Waals surface area contributed by atoms with Crippen molar-refractivity contribution < 1.29 is 0 Å². The molecular formula is C12H12ClN3S. The maximum atomic E-state index is 6.16. The zero-order valence-corrected chi connectivity index (χ0v) is 10.9. The summed E-state index contributed by atoms with van der Waals surface area (Å²) in [5.41, 5.74) is 7.73. The topological polar surface area (TPSA) is 51.8 Å². The molecule has 1 aromatic heterocycles. The number of hydrogen-bond acceptors (Lipinski definition) is 4. The first-order valence-corrected chi connectivity index (χ1v) is 6.34. The minimum Gasteiger partial charge on any atom is -0.326 e. The smallest absolute Gasteiger partial charge is 0.192 e. The summed E-state index contributed by atoms with van der Waals surface area (Å²) < 4.78 is 0. The number of aryl methyl sites for hydroxylation is 1. The van der Waals surface area contributed by atoms with Crippen LogP contribution < -0.4 is 5.73 Å². The van der Waals surface area contributed by atoms with Crippen LogP contribution in [0.2, 0.25) is 5.02 Å². The highest BCUT2D eigenvalue weighted by Gasteiger charge is 2.09. The van der Waals surface area contributed by atoms with Gasteiger partial charge in [-0.3, -0.25) is 0 Å². The van der Waals surface area contributed by atoms with Gasteiger partial charge in [-0.1, -0.05) is 23.7 Å². The first-order valence-electron chi connectivity index (χ1n) is 5.14. The Hall–Kier alpha value is -1.10. The number of nitrogens with two attached hydrogens (primary N) is 1. The Morgan fingerprint density at radius 3 is 2.65 bits per heavy atom.